The van der Waals surface area contributed by atoms with E-state index >= 15 is 0 Å². The lowest BCUT2D eigenvalue weighted by Crippen LogP contribution is -2.24. The molecule has 0 aliphatic rings. The Bertz CT molecular complexity index is 1030. The predicted octanol–water partition coefficient (Wildman–Crippen LogP) is 1.40. The zero-order valence-electron chi connectivity index (χ0n) is 13.2. The van der Waals surface area contributed by atoms with Gasteiger partial charge in [-0.15, -0.1) is 0 Å². The van der Waals surface area contributed by atoms with Crippen LogP contribution >= 0.6 is 0 Å². The molecule has 0 aliphatic carbocycles. The molecule has 1 aromatic heterocycles. The molecule has 1 amide bonds. The number of ether oxygens (including phenoxy) is 1. The summed E-state index contributed by atoms with van der Waals surface area (Å²) in [6, 6.07) is 11.6. The molecule has 8 nitrogen and oxygen atoms in total. The number of aromatic hydroxyl groups is 1. The van der Waals surface area contributed by atoms with Crippen molar-refractivity contribution in [3.8, 4) is 11.5 Å². The zero-order valence-corrected chi connectivity index (χ0v) is 13.2. The first-order chi connectivity index (χ1) is 12.1. The number of nitrogens with one attached hydrogen (secondary N) is 2. The van der Waals surface area contributed by atoms with Gasteiger partial charge in [-0.25, -0.2) is 10.4 Å². The van der Waals surface area contributed by atoms with E-state index in [-0.39, 0.29) is 17.3 Å². The van der Waals surface area contributed by atoms with Gasteiger partial charge in [0.2, 0.25) is 5.82 Å². The molecule has 0 unspecified atom stereocenters. The maximum atomic E-state index is 12.1. The Morgan fingerprint density at radius 2 is 2.08 bits per heavy atom. The van der Waals surface area contributed by atoms with Crippen LogP contribution in [0.15, 0.2) is 52.4 Å². The molecular formula is C17H14N4O4. The molecule has 1 heterocycles. The number of phenolic OH excluding ortho intramolecular Hbond substituents is 1. The highest BCUT2D eigenvalue weighted by molar-refractivity contribution is 5.93. The number of amides is 1. The molecule has 25 heavy (non-hydrogen) atoms. The van der Waals surface area contributed by atoms with Crippen molar-refractivity contribution in [1.29, 1.82) is 0 Å². The summed E-state index contributed by atoms with van der Waals surface area (Å²) in [4.78, 5) is 30.5. The van der Waals surface area contributed by atoms with Crippen LogP contribution in [0.4, 0.5) is 0 Å². The van der Waals surface area contributed by atoms with Crippen molar-refractivity contribution in [2.24, 2.45) is 5.10 Å². The molecular weight excluding hydrogens is 324 g/mol. The largest absolute Gasteiger partial charge is 0.504 e. The summed E-state index contributed by atoms with van der Waals surface area (Å²) in [7, 11) is 1.43. The topological polar surface area (TPSA) is 117 Å². The van der Waals surface area contributed by atoms with Crippen LogP contribution < -0.4 is 15.7 Å². The van der Waals surface area contributed by atoms with Gasteiger partial charge >= 0.3 is 5.91 Å². The van der Waals surface area contributed by atoms with Gasteiger partial charge in [0.25, 0.3) is 5.56 Å². The number of nitrogens with zero attached hydrogens (tertiary/aromatic N) is 2. The van der Waals surface area contributed by atoms with E-state index in [9.17, 15) is 14.7 Å². The lowest BCUT2D eigenvalue weighted by molar-refractivity contribution is 0.0945. The van der Waals surface area contributed by atoms with Crippen molar-refractivity contribution in [3.63, 3.8) is 0 Å². The first-order valence-electron chi connectivity index (χ1n) is 7.28. The van der Waals surface area contributed by atoms with E-state index in [4.69, 9.17) is 4.74 Å². The number of aromatic nitrogens is 2. The highest BCUT2D eigenvalue weighted by Crippen LogP contribution is 2.27. The van der Waals surface area contributed by atoms with Gasteiger partial charge in [0.05, 0.1) is 24.2 Å². The van der Waals surface area contributed by atoms with E-state index < -0.39 is 11.5 Å². The van der Waals surface area contributed by atoms with Crippen LogP contribution in [0, 0.1) is 0 Å². The lowest BCUT2D eigenvalue weighted by atomic mass is 10.2. The minimum Gasteiger partial charge on any atom is -0.504 e. The van der Waals surface area contributed by atoms with Crippen molar-refractivity contribution >= 4 is 23.0 Å². The Morgan fingerprint density at radius 1 is 1.28 bits per heavy atom. The summed E-state index contributed by atoms with van der Waals surface area (Å²) >= 11 is 0. The number of phenols is 1. The minimum atomic E-state index is -0.679. The molecule has 0 saturated carbocycles. The summed E-state index contributed by atoms with van der Waals surface area (Å²) in [5.41, 5.74) is 2.61. The third-order valence-electron chi connectivity index (χ3n) is 3.45. The highest BCUT2D eigenvalue weighted by Gasteiger charge is 2.10. The number of benzene rings is 2. The Labute approximate surface area is 141 Å². The molecule has 0 radical (unpaired) electrons. The molecule has 126 valence electrons. The molecule has 3 rings (SSSR count). The number of methoxy groups -OCH3 is 1. The lowest BCUT2D eigenvalue weighted by Gasteiger charge is -2.05. The van der Waals surface area contributed by atoms with E-state index in [0.717, 1.165) is 0 Å². The second kappa shape index (κ2) is 6.83. The Kier molecular flexibility index (Phi) is 4.42. The molecule has 3 aromatic rings. The fourth-order valence-corrected chi connectivity index (χ4v) is 2.22. The molecule has 0 fully saturated rings. The van der Waals surface area contributed by atoms with Gasteiger partial charge in [-0.1, -0.05) is 18.2 Å². The Balaban J connectivity index is 1.80. The van der Waals surface area contributed by atoms with Gasteiger partial charge < -0.3 is 14.8 Å². The Hall–Kier alpha value is -3.68. The number of rotatable bonds is 4. The first-order valence-corrected chi connectivity index (χ1v) is 7.28. The van der Waals surface area contributed by atoms with Gasteiger partial charge in [0, 0.05) is 5.56 Å². The number of hydrogen-bond acceptors (Lipinski definition) is 6. The first kappa shape index (κ1) is 16.2. The van der Waals surface area contributed by atoms with Crippen LogP contribution in [0.2, 0.25) is 0 Å². The van der Waals surface area contributed by atoms with Crippen LogP contribution in [0.25, 0.3) is 10.9 Å². The summed E-state index contributed by atoms with van der Waals surface area (Å²) in [5, 5.41) is 14.1. The number of hydrogen-bond donors (Lipinski definition) is 3. The number of carbonyl (C=O) groups is 1. The fraction of sp³-hybridized carbons (Fsp3) is 0.0588. The third-order valence-corrected chi connectivity index (χ3v) is 3.45. The summed E-state index contributed by atoms with van der Waals surface area (Å²) in [6.07, 6.45) is 1.26. The highest BCUT2D eigenvalue weighted by atomic mass is 16.5. The fourth-order valence-electron chi connectivity index (χ4n) is 2.22. The minimum absolute atomic E-state index is 0.0970. The van der Waals surface area contributed by atoms with Crippen molar-refractivity contribution in [1.82, 2.24) is 15.4 Å². The zero-order chi connectivity index (χ0) is 17.8. The van der Waals surface area contributed by atoms with E-state index in [1.54, 1.807) is 42.5 Å². The summed E-state index contributed by atoms with van der Waals surface area (Å²) in [6.45, 7) is 0. The van der Waals surface area contributed by atoms with E-state index in [2.05, 4.69) is 20.5 Å². The van der Waals surface area contributed by atoms with Crippen molar-refractivity contribution in [2.75, 3.05) is 7.11 Å². The van der Waals surface area contributed by atoms with Gasteiger partial charge in [-0.3, -0.25) is 9.59 Å². The smallest absolute Gasteiger partial charge is 0.307 e. The normalized spacial score (nSPS) is 10.9. The second-order valence-corrected chi connectivity index (χ2v) is 5.03. The quantitative estimate of drug-likeness (QED) is 0.491. The maximum absolute atomic E-state index is 12.1. The van der Waals surface area contributed by atoms with Gasteiger partial charge in [0.1, 0.15) is 0 Å². The van der Waals surface area contributed by atoms with Gasteiger partial charge in [-0.2, -0.15) is 5.10 Å². The van der Waals surface area contributed by atoms with E-state index in [1.165, 1.54) is 13.3 Å². The Morgan fingerprint density at radius 3 is 2.88 bits per heavy atom. The van der Waals surface area contributed by atoms with E-state index in [0.29, 0.717) is 16.5 Å². The molecule has 8 heteroatoms. The van der Waals surface area contributed by atoms with Gasteiger partial charge in [0.15, 0.2) is 11.5 Å². The molecule has 2 aromatic carbocycles. The van der Waals surface area contributed by atoms with Gasteiger partial charge in [-0.05, 0) is 24.3 Å². The SMILES string of the molecule is COc1cccc(C=NNC(=O)c2nc3ccccc3c(=O)[nH]2)c1O. The van der Waals surface area contributed by atoms with Crippen LogP contribution in [0.3, 0.4) is 0 Å². The second-order valence-electron chi connectivity index (χ2n) is 5.03. The predicted molar refractivity (Wildman–Crippen MR) is 92.1 cm³/mol. The van der Waals surface area contributed by atoms with Crippen LogP contribution in [0.1, 0.15) is 16.2 Å². The van der Waals surface area contributed by atoms with Crippen molar-refractivity contribution in [2.45, 2.75) is 0 Å². The maximum Gasteiger partial charge on any atom is 0.307 e. The number of H-pyrrole nitrogens is 1. The average Bonchev–Trinajstić information content (AvgIpc) is 2.63. The molecule has 0 atom stereocenters. The molecule has 0 spiro atoms. The molecule has 0 bridgehead atoms. The van der Waals surface area contributed by atoms with Crippen molar-refractivity contribution in [3.05, 3.63) is 64.2 Å². The number of fused-ring (bicyclic) bond motifs is 1. The summed E-state index contributed by atoms with van der Waals surface area (Å²) < 4.78 is 4.99. The molecule has 3 N–H and O–H groups in total. The standard InChI is InChI=1S/C17H14N4O4/c1-25-13-8-4-5-10(14(13)22)9-18-21-17(24)15-19-12-7-3-2-6-11(12)16(23)20-15/h2-9,22H,1H3,(H,21,24)(H,19,20,23). The number of aromatic amines is 1. The monoisotopic (exact) mass is 338 g/mol. The molecule has 0 saturated heterocycles. The average molecular weight is 338 g/mol. The van der Waals surface area contributed by atoms with Crippen LogP contribution in [0.5, 0.6) is 11.5 Å². The van der Waals surface area contributed by atoms with Crippen molar-refractivity contribution < 1.29 is 14.6 Å². The van der Waals surface area contributed by atoms with Crippen LogP contribution in [-0.2, 0) is 0 Å². The number of hydrazone groups is 1. The molecule has 0 aliphatic heterocycles. The van der Waals surface area contributed by atoms with E-state index in [1.807, 2.05) is 0 Å². The summed E-state index contributed by atoms with van der Waals surface area (Å²) in [5.74, 6) is -0.645. The third kappa shape index (κ3) is 3.32. The van der Waals surface area contributed by atoms with Crippen LogP contribution in [-0.4, -0.2) is 34.3 Å². The number of para-hydroxylation sites is 2. The number of carbonyl (C=O) groups excluding carboxylic acids is 1.